The van der Waals surface area contributed by atoms with Crippen molar-refractivity contribution in [3.63, 3.8) is 0 Å². The summed E-state index contributed by atoms with van der Waals surface area (Å²) in [5.74, 6) is -1.32. The van der Waals surface area contributed by atoms with Crippen molar-refractivity contribution in [2.45, 2.75) is 335 Å². The Labute approximate surface area is 681 Å². The standard InChI is InChI=1S/C15H24.3C14H23NO.2C14H22O.C7H8.CH4/c1-11-8-9-12(14(2,3)4)10-13(11)15(5,6)7;3*1-13(2,3)9-7-10(14(4,5)6)12(16)8-11(9)15;2*1-13(2,3)10-7-8-12(15)11(9-10)14(4,5)6;1-7-5-3-2-4-6-7;/h8-10H,1-7H3;3*7-8,16H,15H2,1-6H3;2*7-9,15H,1-6H3;2-6H,1H3;1H4/i2D3,5D3,6D3,8D;4D3,5D3;1D3,7D;1D3,4D3;2*1D3,4D3,8D;2D,5D,6D;/hD. The summed E-state index contributed by atoms with van der Waals surface area (Å²) in [4.78, 5) is 0. The average molecular weight is 1430 g/mol. The van der Waals surface area contributed by atoms with E-state index in [1.807, 2.05) is 41.5 Å². The summed E-state index contributed by atoms with van der Waals surface area (Å²) < 4.78 is 338. The molecule has 101 heavy (non-hydrogen) atoms. The first-order valence-electron chi connectivity index (χ1n) is 54.4. The minimum absolute atomic E-state index is 0. The zero-order valence-corrected chi connectivity index (χ0v) is 63.9. The van der Waals surface area contributed by atoms with Crippen molar-refractivity contribution in [3.8, 4) is 28.7 Å². The first-order chi connectivity index (χ1) is 62.8. The lowest BCUT2D eigenvalue weighted by atomic mass is 9.79. The molecule has 0 aliphatic carbocycles. The summed E-state index contributed by atoms with van der Waals surface area (Å²) in [7, 11) is 0. The first-order valence-corrected chi connectivity index (χ1v) is 32.5. The second-order valence-electron chi connectivity index (χ2n) is 32.1. The summed E-state index contributed by atoms with van der Waals surface area (Å²) >= 11 is 0. The molecule has 8 nitrogen and oxygen atoms in total. The van der Waals surface area contributed by atoms with Crippen LogP contribution in [-0.4, -0.2) is 27.0 Å². The maximum Gasteiger partial charge on any atom is 0.293 e. The first kappa shape index (κ1) is 43.3. The number of rotatable bonds is 1. The molecule has 0 unspecified atom stereocenters. The van der Waals surface area contributed by atoms with Gasteiger partial charge in [0.1, 0.15) is 28.7 Å². The number of hydrogen-bond acceptors (Lipinski definition) is 8. The van der Waals surface area contributed by atoms with Crippen LogP contribution in [0.5, 0.6) is 28.7 Å². The van der Waals surface area contributed by atoms with Gasteiger partial charge in [0.15, 0.2) is 0 Å². The van der Waals surface area contributed by atoms with E-state index in [1.54, 1.807) is 20.8 Å². The molecule has 0 amide bonds. The van der Waals surface area contributed by atoms with Crippen LogP contribution in [0.3, 0.4) is 0 Å². The summed E-state index contributed by atoms with van der Waals surface area (Å²) in [5, 5.41) is 44.9. The molecule has 11 N–H and O–H groups in total. The van der Waals surface area contributed by atoms with Crippen LogP contribution in [0.1, 0.15) is 393 Å². The highest BCUT2D eigenvalue weighted by atomic mass is 16.3. The Bertz CT molecular complexity index is 5530. The van der Waals surface area contributed by atoms with Crippen molar-refractivity contribution in [1.29, 1.82) is 1.43 Å². The largest absolute Gasteiger partial charge is 0.508 e. The van der Waals surface area contributed by atoms with Crippen molar-refractivity contribution in [2.24, 2.45) is 0 Å². The van der Waals surface area contributed by atoms with Gasteiger partial charge in [0.2, 0.25) is 0 Å². The third kappa shape index (κ3) is 30.0. The van der Waals surface area contributed by atoms with Crippen LogP contribution in [0.4, 0.5) is 17.1 Å². The Balaban J connectivity index is 0.00000168. The monoisotopic (exact) mass is 1430 g/mol. The van der Waals surface area contributed by atoms with Gasteiger partial charge in [-0.05, 0) is 181 Å². The Morgan fingerprint density at radius 1 is 0.297 bits per heavy atom. The minimum Gasteiger partial charge on any atom is -0.508 e. The minimum atomic E-state index is -2.86. The van der Waals surface area contributed by atoms with Crippen molar-refractivity contribution in [1.82, 2.24) is 0 Å². The highest BCUT2D eigenvalue weighted by Crippen LogP contribution is 2.43. The summed E-state index contributed by atoms with van der Waals surface area (Å²) in [6, 6.07) is 17.8. The molecular weight excluding hydrogens is 1240 g/mol. The molecule has 8 heteroatoms. The van der Waals surface area contributed by atoms with E-state index in [2.05, 4.69) is 5.11 Å². The molecule has 0 atom stereocenters. The molecule has 0 fully saturated rings. The lowest BCUT2D eigenvalue weighted by Crippen LogP contribution is -2.18. The van der Waals surface area contributed by atoms with Gasteiger partial charge < -0.3 is 42.7 Å². The molecule has 0 aromatic heterocycles. The number of anilines is 3. The molecule has 0 radical (unpaired) electrons. The van der Waals surface area contributed by atoms with Crippen LogP contribution >= 0.6 is 0 Å². The predicted molar refractivity (Wildman–Crippen MR) is 447 cm³/mol. The number of nitrogens with two attached hydrogens (primary N) is 3. The predicted octanol–water partition coefficient (Wildman–Crippen LogP) is 25.9. The van der Waals surface area contributed by atoms with Gasteiger partial charge in [0.25, 0.3) is 1.43 Å². The zero-order chi connectivity index (χ0) is 116. The van der Waals surface area contributed by atoms with E-state index >= 15 is 0 Å². The number of aromatic hydroxyl groups is 5. The van der Waals surface area contributed by atoms with E-state index < -0.39 is 159 Å². The van der Waals surface area contributed by atoms with Gasteiger partial charge in [0.05, 0.1) is 9.60 Å². The molecule has 7 aromatic carbocycles. The maximum absolute atomic E-state index is 10.2. The molecule has 0 bridgehead atoms. The lowest BCUT2D eigenvalue weighted by molar-refractivity contribution is 0.444. The summed E-state index contributed by atoms with van der Waals surface area (Å²) in [6.45, 7) is 10.4. The fourth-order valence-electron chi connectivity index (χ4n) is 9.41. The molecule has 7 rings (SSSR count). The third-order valence-corrected chi connectivity index (χ3v) is 15.3. The normalized spacial score (nSPS) is 20.3. The molecule has 0 heterocycles. The Morgan fingerprint density at radius 2 is 0.574 bits per heavy atom. The Hall–Kier alpha value is -7.06. The van der Waals surface area contributed by atoms with Gasteiger partial charge in [-0.1, -0.05) is 334 Å². The Kier molecular flexibility index (Phi) is 14.8. The SMILES string of the molecule is C.[2H]C([2H])([2H])C(C)(C)c1cc(C(C)(C)C([2H])([2H])[2H])c(O)cc1N.[2H]C([2H])([2H])C(C)(c1cc(C(C)(C)C)c(N)cc1O)C([2H])([2H])[2H].[2H]Oc1c([2H])cc(C(C)(C)C([2H])([2H])[2H])cc1C(C)(C)C([2H])([2H])[2H].[2H]c1c(C(C)(C)C)c(O)cc(N)c1C(C)(C)C([2H])([2H])[2H].[2H]c1cc(C(C)(C)C([2H])([2H])[2H])cc(C(C)(C([2H])([2H])[2H])C([2H])([2H])[2H])c1C.[2H]c1cc(C(C)(C)C([2H])([2H])[2H])cc(C(C)(C)C([2H])([2H])[2H])c1O.[2H]c1cc([2H])c(C)c([2H])c1. The molecule has 7 aromatic rings. The van der Waals surface area contributed by atoms with E-state index in [9.17, 15) is 20.4 Å². The number of phenolic OH excluding ortho intramolecular Hbond substituents is 5. The summed E-state index contributed by atoms with van der Waals surface area (Å²) in [5.41, 5.74) is 5.78. The average Bonchev–Trinajstić information content (AvgIpc) is 0.717. The topological polar surface area (TPSA) is 179 Å². The van der Waals surface area contributed by atoms with Crippen LogP contribution in [-0.2, 0) is 65.0 Å². The van der Waals surface area contributed by atoms with Gasteiger partial charge in [-0.15, -0.1) is 0 Å². The van der Waals surface area contributed by atoms with Crippen LogP contribution in [0, 0.1) is 13.8 Å². The molecule has 0 aliphatic rings. The number of phenols is 5. The fraction of sp³-hybridized carbons (Fsp3) is 0.548. The smallest absolute Gasteiger partial charge is 0.293 e. The van der Waals surface area contributed by atoms with E-state index in [4.69, 9.17) is 77.6 Å². The highest BCUT2D eigenvalue weighted by molar-refractivity contribution is 5.61. The third-order valence-electron chi connectivity index (χ3n) is 15.3. The van der Waals surface area contributed by atoms with E-state index in [-0.39, 0.29) is 123 Å². The van der Waals surface area contributed by atoms with Crippen LogP contribution in [0.25, 0.3) is 0 Å². The molecule has 0 saturated heterocycles. The van der Waals surface area contributed by atoms with Gasteiger partial charge in [-0.3, -0.25) is 0 Å². The quantitative estimate of drug-likeness (QED) is 0.0748. The number of benzene rings is 7. The van der Waals surface area contributed by atoms with Crippen molar-refractivity contribution < 1.29 is 84.5 Å². The van der Waals surface area contributed by atoms with E-state index in [1.165, 1.54) is 183 Å². The van der Waals surface area contributed by atoms with Crippen molar-refractivity contribution in [2.75, 3.05) is 17.2 Å². The fourth-order valence-corrected chi connectivity index (χ4v) is 9.41. The van der Waals surface area contributed by atoms with Crippen LogP contribution < -0.4 is 17.2 Å². The van der Waals surface area contributed by atoms with Gasteiger partial charge in [-0.2, -0.15) is 0 Å². The van der Waals surface area contributed by atoms with E-state index in [0.29, 0.717) is 39.1 Å². The van der Waals surface area contributed by atoms with Crippen molar-refractivity contribution in [3.05, 3.63) is 199 Å². The molecular formula is C93H149N3O5. The highest BCUT2D eigenvalue weighted by Gasteiger charge is 2.29. The molecule has 0 aliphatic heterocycles. The zero-order valence-electron chi connectivity index (χ0n) is 108. The van der Waals surface area contributed by atoms with Gasteiger partial charge >= 0.3 is 0 Å². The second-order valence-corrected chi connectivity index (χ2v) is 32.1. The number of hydrogen-bond donors (Lipinski definition) is 8. The van der Waals surface area contributed by atoms with E-state index in [0.717, 1.165) is 13.8 Å². The van der Waals surface area contributed by atoms with Crippen LogP contribution in [0.15, 0.2) is 121 Å². The van der Waals surface area contributed by atoms with Crippen molar-refractivity contribution >= 4 is 17.1 Å². The second kappa shape index (κ2) is 34.5. The summed E-state index contributed by atoms with van der Waals surface area (Å²) in [6.07, 6.45) is 0. The number of nitrogen functional groups attached to an aromatic ring is 3. The molecule has 566 valence electrons. The van der Waals surface area contributed by atoms with Gasteiger partial charge in [-0.25, -0.2) is 0 Å². The van der Waals surface area contributed by atoms with Gasteiger partial charge in [0, 0.05) is 84.6 Å². The molecule has 0 saturated carbocycles. The lowest BCUT2D eigenvalue weighted by Gasteiger charge is -2.27. The van der Waals surface area contributed by atoms with Crippen LogP contribution in [0.2, 0.25) is 0 Å². The maximum atomic E-state index is 10.2. The Morgan fingerprint density at radius 3 is 0.941 bits per heavy atom. The molecule has 0 spiro atoms.